The maximum absolute atomic E-state index is 12.2. The first-order chi connectivity index (χ1) is 9.78. The number of para-hydroxylation sites is 1. The van der Waals surface area contributed by atoms with Crippen molar-refractivity contribution in [1.82, 2.24) is 10.2 Å². The van der Waals surface area contributed by atoms with Crippen molar-refractivity contribution in [1.29, 1.82) is 0 Å². The minimum atomic E-state index is 0.0425. The SMILES string of the molecule is CSc1nnc(SCC(=O)c2coc3ccccc23)s1. The molecule has 0 aliphatic heterocycles. The van der Waals surface area contributed by atoms with Gasteiger partial charge in [-0.2, -0.15) is 0 Å². The fourth-order valence-corrected chi connectivity index (χ4v) is 4.06. The summed E-state index contributed by atoms with van der Waals surface area (Å²) in [6, 6.07) is 7.54. The number of aromatic nitrogens is 2. The molecule has 3 rings (SSSR count). The number of hydrogen-bond acceptors (Lipinski definition) is 7. The third-order valence-electron chi connectivity index (χ3n) is 2.67. The minimum Gasteiger partial charge on any atom is -0.464 e. The third-order valence-corrected chi connectivity index (χ3v) is 5.70. The Labute approximate surface area is 128 Å². The minimum absolute atomic E-state index is 0.0425. The number of Topliss-reactive ketones (excluding diaryl/α,β-unsaturated/α-hetero) is 1. The monoisotopic (exact) mass is 322 g/mol. The molecule has 0 amide bonds. The van der Waals surface area contributed by atoms with Crippen molar-refractivity contribution < 1.29 is 9.21 Å². The number of carbonyl (C=O) groups excluding carboxylic acids is 1. The quantitative estimate of drug-likeness (QED) is 0.523. The smallest absolute Gasteiger partial charge is 0.177 e. The average Bonchev–Trinajstić information content (AvgIpc) is 3.11. The molecule has 0 radical (unpaired) electrons. The molecule has 0 aliphatic carbocycles. The van der Waals surface area contributed by atoms with Gasteiger partial charge in [0.1, 0.15) is 11.8 Å². The van der Waals surface area contributed by atoms with E-state index in [1.165, 1.54) is 29.4 Å². The van der Waals surface area contributed by atoms with Crippen molar-refractivity contribution in [3.8, 4) is 0 Å². The summed E-state index contributed by atoms with van der Waals surface area (Å²) in [5, 5.41) is 8.91. The summed E-state index contributed by atoms with van der Waals surface area (Å²) in [5.41, 5.74) is 1.36. The number of carbonyl (C=O) groups is 1. The van der Waals surface area contributed by atoms with Crippen LogP contribution in [0.1, 0.15) is 10.4 Å². The van der Waals surface area contributed by atoms with E-state index in [0.29, 0.717) is 11.3 Å². The standard InChI is InChI=1S/C13H10N2O2S3/c1-18-12-14-15-13(20-12)19-7-10(16)9-6-17-11-5-3-2-4-8(9)11/h2-6H,7H2,1H3. The zero-order chi connectivity index (χ0) is 13.9. The molecule has 0 saturated carbocycles. The molecule has 0 atom stereocenters. The van der Waals surface area contributed by atoms with Gasteiger partial charge in [-0.25, -0.2) is 0 Å². The van der Waals surface area contributed by atoms with Gasteiger partial charge in [0.2, 0.25) is 0 Å². The number of hydrogen-bond donors (Lipinski definition) is 0. The molecule has 2 aromatic heterocycles. The first-order valence-corrected chi connectivity index (χ1v) is 8.80. The van der Waals surface area contributed by atoms with Crippen molar-refractivity contribution in [2.75, 3.05) is 12.0 Å². The second kappa shape index (κ2) is 5.99. The molecular weight excluding hydrogens is 312 g/mol. The van der Waals surface area contributed by atoms with Crippen LogP contribution in [0.5, 0.6) is 0 Å². The number of furan rings is 1. The number of nitrogens with zero attached hydrogens (tertiary/aromatic N) is 2. The highest BCUT2D eigenvalue weighted by Gasteiger charge is 2.14. The van der Waals surface area contributed by atoms with Gasteiger partial charge in [-0.1, -0.05) is 53.1 Å². The molecule has 0 bridgehead atoms. The number of benzene rings is 1. The lowest BCUT2D eigenvalue weighted by atomic mass is 10.1. The van der Waals surface area contributed by atoms with Gasteiger partial charge in [0.15, 0.2) is 14.5 Å². The molecule has 0 aliphatic rings. The summed E-state index contributed by atoms with van der Waals surface area (Å²) in [6.07, 6.45) is 3.48. The van der Waals surface area contributed by atoms with Gasteiger partial charge in [-0.3, -0.25) is 4.79 Å². The Bertz CT molecular complexity index is 751. The topological polar surface area (TPSA) is 56.0 Å². The van der Waals surface area contributed by atoms with Crippen molar-refractivity contribution in [3.63, 3.8) is 0 Å². The van der Waals surface area contributed by atoms with Crippen LogP contribution in [-0.4, -0.2) is 28.0 Å². The van der Waals surface area contributed by atoms with Crippen molar-refractivity contribution in [2.45, 2.75) is 8.68 Å². The van der Waals surface area contributed by atoms with E-state index in [2.05, 4.69) is 10.2 Å². The van der Waals surface area contributed by atoms with Crippen LogP contribution < -0.4 is 0 Å². The predicted octanol–water partition coefficient (Wildman–Crippen LogP) is 3.98. The van der Waals surface area contributed by atoms with E-state index in [0.717, 1.165) is 19.6 Å². The Balaban J connectivity index is 1.73. The van der Waals surface area contributed by atoms with E-state index >= 15 is 0 Å². The van der Waals surface area contributed by atoms with E-state index in [4.69, 9.17) is 4.42 Å². The molecule has 4 nitrogen and oxygen atoms in total. The Kier molecular flexibility index (Phi) is 4.09. The summed E-state index contributed by atoms with van der Waals surface area (Å²) < 4.78 is 7.11. The van der Waals surface area contributed by atoms with Crippen molar-refractivity contribution in [3.05, 3.63) is 36.1 Å². The summed E-state index contributed by atoms with van der Waals surface area (Å²) in [4.78, 5) is 12.2. The average molecular weight is 322 g/mol. The number of thioether (sulfide) groups is 2. The molecule has 20 heavy (non-hydrogen) atoms. The molecule has 3 aromatic rings. The molecule has 0 spiro atoms. The fourth-order valence-electron chi connectivity index (χ4n) is 1.74. The summed E-state index contributed by atoms with van der Waals surface area (Å²) in [6.45, 7) is 0. The molecular formula is C13H10N2O2S3. The van der Waals surface area contributed by atoms with E-state index < -0.39 is 0 Å². The van der Waals surface area contributed by atoms with Crippen molar-refractivity contribution in [2.24, 2.45) is 0 Å². The van der Waals surface area contributed by atoms with Gasteiger partial charge in [-0.05, 0) is 12.3 Å². The molecule has 7 heteroatoms. The van der Waals surface area contributed by atoms with E-state index in [1.54, 1.807) is 11.8 Å². The van der Waals surface area contributed by atoms with E-state index in [1.807, 2.05) is 30.5 Å². The zero-order valence-corrected chi connectivity index (χ0v) is 13.0. The second-order valence-electron chi connectivity index (χ2n) is 3.90. The lowest BCUT2D eigenvalue weighted by Crippen LogP contribution is -2.00. The van der Waals surface area contributed by atoms with E-state index in [9.17, 15) is 4.79 Å². The normalized spacial score (nSPS) is 11.1. The van der Waals surface area contributed by atoms with Crippen LogP contribution >= 0.6 is 34.9 Å². The number of ketones is 1. The first kappa shape index (κ1) is 13.7. The highest BCUT2D eigenvalue weighted by Crippen LogP contribution is 2.29. The maximum Gasteiger partial charge on any atom is 0.177 e. The Morgan fingerprint density at radius 2 is 2.10 bits per heavy atom. The highest BCUT2D eigenvalue weighted by atomic mass is 32.2. The summed E-state index contributed by atoms with van der Waals surface area (Å²) >= 11 is 4.47. The Morgan fingerprint density at radius 3 is 2.90 bits per heavy atom. The van der Waals surface area contributed by atoms with Crippen LogP contribution in [-0.2, 0) is 0 Å². The van der Waals surface area contributed by atoms with Gasteiger partial charge < -0.3 is 4.42 Å². The van der Waals surface area contributed by atoms with Gasteiger partial charge >= 0.3 is 0 Å². The number of fused-ring (bicyclic) bond motifs is 1. The molecule has 0 fully saturated rings. The lowest BCUT2D eigenvalue weighted by Gasteiger charge is -1.96. The van der Waals surface area contributed by atoms with Crippen molar-refractivity contribution >= 4 is 51.6 Å². The fraction of sp³-hybridized carbons (Fsp3) is 0.154. The molecule has 1 aromatic carbocycles. The van der Waals surface area contributed by atoms with Gasteiger partial charge in [0.25, 0.3) is 0 Å². The molecule has 102 valence electrons. The van der Waals surface area contributed by atoms with Crippen LogP contribution in [0.2, 0.25) is 0 Å². The predicted molar refractivity (Wildman–Crippen MR) is 83.0 cm³/mol. The largest absolute Gasteiger partial charge is 0.464 e. The van der Waals surface area contributed by atoms with Gasteiger partial charge in [0, 0.05) is 5.39 Å². The molecule has 0 N–H and O–H groups in total. The Morgan fingerprint density at radius 1 is 1.30 bits per heavy atom. The summed E-state index contributed by atoms with van der Waals surface area (Å²) in [7, 11) is 0. The third kappa shape index (κ3) is 2.74. The molecule has 2 heterocycles. The molecule has 0 saturated heterocycles. The van der Waals surface area contributed by atoms with Crippen LogP contribution in [0.4, 0.5) is 0 Å². The van der Waals surface area contributed by atoms with Crippen LogP contribution in [0.25, 0.3) is 11.0 Å². The van der Waals surface area contributed by atoms with Gasteiger partial charge in [0.05, 0.1) is 11.3 Å². The summed E-state index contributed by atoms with van der Waals surface area (Å²) in [5.74, 6) is 0.382. The van der Waals surface area contributed by atoms with Gasteiger partial charge in [-0.15, -0.1) is 10.2 Å². The van der Waals surface area contributed by atoms with Crippen LogP contribution in [0.15, 0.2) is 43.6 Å². The number of rotatable bonds is 5. The van der Waals surface area contributed by atoms with Crippen LogP contribution in [0.3, 0.4) is 0 Å². The highest BCUT2D eigenvalue weighted by molar-refractivity contribution is 8.03. The Hall–Kier alpha value is -1.31. The van der Waals surface area contributed by atoms with E-state index in [-0.39, 0.29) is 5.78 Å². The second-order valence-corrected chi connectivity index (χ2v) is 7.15. The first-order valence-electron chi connectivity index (χ1n) is 5.77. The van der Waals surface area contributed by atoms with Crippen LogP contribution in [0, 0.1) is 0 Å². The maximum atomic E-state index is 12.2. The zero-order valence-electron chi connectivity index (χ0n) is 10.5. The lowest BCUT2D eigenvalue weighted by molar-refractivity contribution is 0.102. The molecule has 0 unspecified atom stereocenters.